The van der Waals surface area contributed by atoms with Crippen LogP contribution in [0.3, 0.4) is 0 Å². The molecule has 3 aromatic rings. The average molecular weight is 330 g/mol. The third kappa shape index (κ3) is 2.80. The first kappa shape index (κ1) is 14.9. The molecule has 1 saturated heterocycles. The number of alkyl halides is 2. The van der Waals surface area contributed by atoms with Crippen LogP contribution in [0, 0.1) is 0 Å². The summed E-state index contributed by atoms with van der Waals surface area (Å²) in [5.74, 6) is 0.763. The maximum absolute atomic E-state index is 12.9. The predicted octanol–water partition coefficient (Wildman–Crippen LogP) is 2.50. The monoisotopic (exact) mass is 330 g/mol. The fourth-order valence-electron chi connectivity index (χ4n) is 2.85. The number of fused-ring (bicyclic) bond motifs is 1. The number of hydrogen-bond acceptors (Lipinski definition) is 5. The first-order valence-electron chi connectivity index (χ1n) is 7.76. The Bertz CT molecular complexity index is 857. The first-order chi connectivity index (χ1) is 11.7. The van der Waals surface area contributed by atoms with Crippen molar-refractivity contribution in [3.63, 3.8) is 0 Å². The standard InChI is InChI=1S/C16H16F2N6/c17-16(18)12-9-24-13(7-21-15(24)8-20-12)11-2-1-3-14(23-11)22-10-4-5-19-6-10/h1-3,7-10,16,19H,4-6H2,(H,22,23)/t10-/m1/s1. The number of nitrogens with zero attached hydrogens (tertiary/aromatic N) is 4. The molecule has 3 aromatic heterocycles. The van der Waals surface area contributed by atoms with Gasteiger partial charge in [-0.05, 0) is 25.1 Å². The lowest BCUT2D eigenvalue weighted by Gasteiger charge is -2.12. The fraction of sp³-hybridized carbons (Fsp3) is 0.312. The number of anilines is 1. The summed E-state index contributed by atoms with van der Waals surface area (Å²) in [5, 5.41) is 6.68. The van der Waals surface area contributed by atoms with Crippen LogP contribution < -0.4 is 10.6 Å². The summed E-state index contributed by atoms with van der Waals surface area (Å²) in [5.41, 5.74) is 1.55. The van der Waals surface area contributed by atoms with Crippen LogP contribution >= 0.6 is 0 Å². The normalized spacial score (nSPS) is 17.7. The topological polar surface area (TPSA) is 67.1 Å². The summed E-state index contributed by atoms with van der Waals surface area (Å²) >= 11 is 0. The number of rotatable bonds is 4. The molecule has 0 amide bonds. The molecule has 4 rings (SSSR count). The van der Waals surface area contributed by atoms with Gasteiger partial charge < -0.3 is 10.6 Å². The number of nitrogens with one attached hydrogen (secondary N) is 2. The molecule has 0 aliphatic carbocycles. The number of halogens is 2. The quantitative estimate of drug-likeness (QED) is 0.769. The molecule has 0 unspecified atom stereocenters. The second-order valence-electron chi connectivity index (χ2n) is 5.73. The molecule has 0 radical (unpaired) electrons. The average Bonchev–Trinajstić information content (AvgIpc) is 3.23. The molecule has 124 valence electrons. The molecule has 6 nitrogen and oxygen atoms in total. The Morgan fingerprint density at radius 3 is 2.96 bits per heavy atom. The molecule has 1 aliphatic rings. The summed E-state index contributed by atoms with van der Waals surface area (Å²) in [6, 6.07) is 5.98. The molecule has 0 bridgehead atoms. The summed E-state index contributed by atoms with van der Waals surface area (Å²) in [4.78, 5) is 12.5. The Hall–Kier alpha value is -2.61. The highest BCUT2D eigenvalue weighted by Gasteiger charge is 2.16. The van der Waals surface area contributed by atoms with Gasteiger partial charge >= 0.3 is 0 Å². The Kier molecular flexibility index (Phi) is 3.81. The van der Waals surface area contributed by atoms with Crippen molar-refractivity contribution in [3.05, 3.63) is 42.5 Å². The van der Waals surface area contributed by atoms with E-state index in [2.05, 4.69) is 25.6 Å². The number of hydrogen-bond donors (Lipinski definition) is 2. The van der Waals surface area contributed by atoms with Gasteiger partial charge in [-0.2, -0.15) is 0 Å². The smallest absolute Gasteiger partial charge is 0.281 e. The summed E-state index contributed by atoms with van der Waals surface area (Å²) in [6.07, 6.45) is 2.70. The van der Waals surface area contributed by atoms with Gasteiger partial charge in [-0.1, -0.05) is 6.07 Å². The first-order valence-corrected chi connectivity index (χ1v) is 7.76. The van der Waals surface area contributed by atoms with Gasteiger partial charge in [0.25, 0.3) is 6.43 Å². The van der Waals surface area contributed by atoms with E-state index in [4.69, 9.17) is 0 Å². The van der Waals surface area contributed by atoms with Crippen molar-refractivity contribution >= 4 is 11.5 Å². The molecule has 1 aliphatic heterocycles. The lowest BCUT2D eigenvalue weighted by Crippen LogP contribution is -2.22. The van der Waals surface area contributed by atoms with Crippen molar-refractivity contribution in [1.29, 1.82) is 0 Å². The Labute approximate surface area is 137 Å². The van der Waals surface area contributed by atoms with Gasteiger partial charge in [-0.3, -0.25) is 4.40 Å². The van der Waals surface area contributed by atoms with Crippen molar-refractivity contribution in [2.24, 2.45) is 0 Å². The maximum Gasteiger partial charge on any atom is 0.281 e. The molecular formula is C16H16F2N6. The van der Waals surface area contributed by atoms with Gasteiger partial charge in [0, 0.05) is 18.8 Å². The van der Waals surface area contributed by atoms with E-state index in [0.717, 1.165) is 25.3 Å². The van der Waals surface area contributed by atoms with E-state index >= 15 is 0 Å². The lowest BCUT2D eigenvalue weighted by atomic mass is 10.2. The van der Waals surface area contributed by atoms with Crippen molar-refractivity contribution in [2.45, 2.75) is 18.9 Å². The van der Waals surface area contributed by atoms with E-state index in [9.17, 15) is 8.78 Å². The van der Waals surface area contributed by atoms with Crippen LogP contribution in [-0.2, 0) is 0 Å². The largest absolute Gasteiger partial charge is 0.366 e. The van der Waals surface area contributed by atoms with Gasteiger partial charge in [-0.25, -0.2) is 23.7 Å². The van der Waals surface area contributed by atoms with Crippen LogP contribution in [0.1, 0.15) is 18.5 Å². The molecular weight excluding hydrogens is 314 g/mol. The maximum atomic E-state index is 12.9. The molecule has 0 aromatic carbocycles. The van der Waals surface area contributed by atoms with Crippen molar-refractivity contribution < 1.29 is 8.78 Å². The highest BCUT2D eigenvalue weighted by molar-refractivity contribution is 5.61. The van der Waals surface area contributed by atoms with Crippen LogP contribution in [0.15, 0.2) is 36.8 Å². The Morgan fingerprint density at radius 1 is 1.25 bits per heavy atom. The minimum absolute atomic E-state index is 0.284. The predicted molar refractivity (Wildman–Crippen MR) is 86.1 cm³/mol. The van der Waals surface area contributed by atoms with Crippen LogP contribution in [0.4, 0.5) is 14.6 Å². The highest BCUT2D eigenvalue weighted by atomic mass is 19.3. The second-order valence-corrected chi connectivity index (χ2v) is 5.73. The summed E-state index contributed by atoms with van der Waals surface area (Å²) in [6.45, 7) is 1.90. The number of aromatic nitrogens is 4. The van der Waals surface area contributed by atoms with Crippen molar-refractivity contribution in [1.82, 2.24) is 24.7 Å². The summed E-state index contributed by atoms with van der Waals surface area (Å²) < 4.78 is 27.4. The van der Waals surface area contributed by atoms with Gasteiger partial charge in [0.15, 0.2) is 5.65 Å². The second kappa shape index (κ2) is 6.12. The lowest BCUT2D eigenvalue weighted by molar-refractivity contribution is 0.145. The molecule has 0 spiro atoms. The highest BCUT2D eigenvalue weighted by Crippen LogP contribution is 2.23. The molecule has 8 heteroatoms. The van der Waals surface area contributed by atoms with Gasteiger partial charge in [0.05, 0.1) is 23.8 Å². The number of imidazole rings is 1. The third-order valence-corrected chi connectivity index (χ3v) is 4.06. The van der Waals surface area contributed by atoms with E-state index in [1.807, 2.05) is 18.2 Å². The van der Waals surface area contributed by atoms with E-state index in [1.54, 1.807) is 10.6 Å². The Morgan fingerprint density at radius 2 is 2.17 bits per heavy atom. The fourth-order valence-corrected chi connectivity index (χ4v) is 2.85. The zero-order valence-corrected chi connectivity index (χ0v) is 12.8. The van der Waals surface area contributed by atoms with E-state index in [1.165, 1.54) is 12.4 Å². The van der Waals surface area contributed by atoms with Crippen molar-refractivity contribution in [2.75, 3.05) is 18.4 Å². The molecule has 24 heavy (non-hydrogen) atoms. The van der Waals surface area contributed by atoms with E-state index in [-0.39, 0.29) is 5.69 Å². The molecule has 4 heterocycles. The van der Waals surface area contributed by atoms with Crippen LogP contribution in [0.5, 0.6) is 0 Å². The Balaban J connectivity index is 1.70. The molecule has 0 saturated carbocycles. The van der Waals surface area contributed by atoms with Crippen LogP contribution in [0.25, 0.3) is 17.0 Å². The molecule has 1 fully saturated rings. The van der Waals surface area contributed by atoms with E-state index < -0.39 is 6.43 Å². The third-order valence-electron chi connectivity index (χ3n) is 4.06. The minimum Gasteiger partial charge on any atom is -0.366 e. The van der Waals surface area contributed by atoms with Gasteiger partial charge in [0.2, 0.25) is 0 Å². The van der Waals surface area contributed by atoms with Crippen molar-refractivity contribution in [3.8, 4) is 11.4 Å². The molecule has 2 N–H and O–H groups in total. The van der Waals surface area contributed by atoms with Gasteiger partial charge in [-0.15, -0.1) is 0 Å². The summed E-state index contributed by atoms with van der Waals surface area (Å²) in [7, 11) is 0. The van der Waals surface area contributed by atoms with E-state index in [0.29, 0.717) is 23.1 Å². The van der Waals surface area contributed by atoms with Crippen LogP contribution in [-0.4, -0.2) is 38.5 Å². The van der Waals surface area contributed by atoms with Gasteiger partial charge in [0.1, 0.15) is 11.5 Å². The zero-order valence-electron chi connectivity index (χ0n) is 12.8. The minimum atomic E-state index is -2.62. The number of pyridine rings is 1. The zero-order chi connectivity index (χ0) is 16.5. The van der Waals surface area contributed by atoms with Crippen LogP contribution in [0.2, 0.25) is 0 Å². The SMILES string of the molecule is FC(F)c1cn2c(-c3cccc(N[C@@H]4CCNC4)n3)cnc2cn1. The molecule has 1 atom stereocenters.